The van der Waals surface area contributed by atoms with E-state index in [4.69, 9.17) is 11.6 Å². The van der Waals surface area contributed by atoms with Crippen molar-refractivity contribution < 1.29 is 9.18 Å². The second kappa shape index (κ2) is 8.64. The van der Waals surface area contributed by atoms with Gasteiger partial charge in [0, 0.05) is 41.5 Å². The van der Waals surface area contributed by atoms with Gasteiger partial charge in [-0.05, 0) is 44.5 Å². The number of halogens is 2. The predicted molar refractivity (Wildman–Crippen MR) is 99.6 cm³/mol. The maximum atomic E-state index is 14.0. The van der Waals surface area contributed by atoms with Gasteiger partial charge in [0.15, 0.2) is 0 Å². The first-order valence-corrected chi connectivity index (χ1v) is 9.41. The van der Waals surface area contributed by atoms with Gasteiger partial charge < -0.3 is 10.2 Å². The van der Waals surface area contributed by atoms with Crippen LogP contribution in [0.4, 0.5) is 4.39 Å². The lowest BCUT2D eigenvalue weighted by Crippen LogP contribution is -2.35. The highest BCUT2D eigenvalue weighted by Crippen LogP contribution is 2.24. The van der Waals surface area contributed by atoms with Crippen LogP contribution >= 0.6 is 11.6 Å². The Morgan fingerprint density at radius 3 is 3.00 bits per heavy atom. The first-order chi connectivity index (χ1) is 12.6. The Kier molecular flexibility index (Phi) is 6.27. The summed E-state index contributed by atoms with van der Waals surface area (Å²) in [6, 6.07) is 6.55. The number of hydrogen-bond acceptors (Lipinski definition) is 3. The average molecular weight is 379 g/mol. The Morgan fingerprint density at radius 1 is 1.46 bits per heavy atom. The van der Waals surface area contributed by atoms with E-state index < -0.39 is 5.82 Å². The van der Waals surface area contributed by atoms with Crippen molar-refractivity contribution in [3.05, 3.63) is 52.6 Å². The second-order valence-electron chi connectivity index (χ2n) is 6.57. The molecule has 7 heteroatoms. The number of nitrogens with zero attached hydrogens (tertiary/aromatic N) is 3. The molecule has 1 saturated heterocycles. The van der Waals surface area contributed by atoms with Crippen molar-refractivity contribution in [1.82, 2.24) is 20.0 Å². The van der Waals surface area contributed by atoms with Gasteiger partial charge in [-0.1, -0.05) is 17.7 Å². The molecule has 0 saturated carbocycles. The van der Waals surface area contributed by atoms with Crippen LogP contribution in [0.15, 0.2) is 30.5 Å². The number of amides is 1. The van der Waals surface area contributed by atoms with Crippen molar-refractivity contribution in [3.63, 3.8) is 0 Å². The van der Waals surface area contributed by atoms with Crippen LogP contribution in [0.3, 0.4) is 0 Å². The number of nitrogens with one attached hydrogen (secondary N) is 1. The molecule has 1 aliphatic heterocycles. The van der Waals surface area contributed by atoms with Gasteiger partial charge in [0.05, 0.1) is 6.54 Å². The van der Waals surface area contributed by atoms with E-state index >= 15 is 0 Å². The summed E-state index contributed by atoms with van der Waals surface area (Å²) >= 11 is 6.10. The molecule has 5 nitrogen and oxygen atoms in total. The third-order valence-corrected chi connectivity index (χ3v) is 5.25. The zero-order valence-electron chi connectivity index (χ0n) is 14.9. The van der Waals surface area contributed by atoms with Gasteiger partial charge in [-0.3, -0.25) is 9.48 Å². The van der Waals surface area contributed by atoms with Crippen molar-refractivity contribution in [2.45, 2.75) is 38.8 Å². The number of rotatable bonds is 6. The lowest BCUT2D eigenvalue weighted by atomic mass is 9.96. The van der Waals surface area contributed by atoms with Gasteiger partial charge in [0.2, 0.25) is 5.91 Å². The zero-order valence-corrected chi connectivity index (χ0v) is 15.7. The number of hydrogen-bond donors (Lipinski definition) is 1. The quantitative estimate of drug-likeness (QED) is 0.839. The maximum Gasteiger partial charge on any atom is 0.244 e. The van der Waals surface area contributed by atoms with E-state index in [1.807, 2.05) is 13.0 Å². The molecule has 1 unspecified atom stereocenters. The number of piperidine rings is 1. The first-order valence-electron chi connectivity index (χ1n) is 9.03. The highest BCUT2D eigenvalue weighted by atomic mass is 35.5. The monoisotopic (exact) mass is 378 g/mol. The molecular weight excluding hydrogens is 355 g/mol. The smallest absolute Gasteiger partial charge is 0.244 e. The molecule has 26 heavy (non-hydrogen) atoms. The SMILES string of the molecule is CCN(Cc1c(F)cccc1Cl)C(=O)Cn1nccc1C1CCCNC1. The number of carbonyl (C=O) groups excluding carboxylic acids is 1. The molecule has 1 atom stereocenters. The molecule has 1 aliphatic rings. The Morgan fingerprint density at radius 2 is 2.31 bits per heavy atom. The fourth-order valence-electron chi connectivity index (χ4n) is 3.40. The van der Waals surface area contributed by atoms with Gasteiger partial charge in [-0.25, -0.2) is 4.39 Å². The van der Waals surface area contributed by atoms with Gasteiger partial charge >= 0.3 is 0 Å². The summed E-state index contributed by atoms with van der Waals surface area (Å²) in [6.07, 6.45) is 3.95. The summed E-state index contributed by atoms with van der Waals surface area (Å²) in [5.41, 5.74) is 1.42. The van der Waals surface area contributed by atoms with E-state index in [0.29, 0.717) is 23.0 Å². The summed E-state index contributed by atoms with van der Waals surface area (Å²) in [4.78, 5) is 14.4. The molecule has 3 rings (SSSR count). The topological polar surface area (TPSA) is 50.2 Å². The Labute approximate surface area is 158 Å². The minimum atomic E-state index is -0.392. The number of benzene rings is 1. The molecule has 0 aliphatic carbocycles. The zero-order chi connectivity index (χ0) is 18.5. The molecule has 0 radical (unpaired) electrons. The average Bonchev–Trinajstić information content (AvgIpc) is 3.10. The van der Waals surface area contributed by atoms with E-state index in [2.05, 4.69) is 10.4 Å². The normalized spacial score (nSPS) is 17.3. The molecule has 2 aromatic rings. The third kappa shape index (κ3) is 4.24. The minimum Gasteiger partial charge on any atom is -0.337 e. The lowest BCUT2D eigenvalue weighted by Gasteiger charge is -2.25. The highest BCUT2D eigenvalue weighted by Gasteiger charge is 2.22. The van der Waals surface area contributed by atoms with E-state index in [0.717, 1.165) is 31.6 Å². The van der Waals surface area contributed by atoms with Gasteiger partial charge in [-0.2, -0.15) is 5.10 Å². The third-order valence-electron chi connectivity index (χ3n) is 4.89. The van der Waals surface area contributed by atoms with E-state index in [9.17, 15) is 9.18 Å². The molecule has 0 spiro atoms. The van der Waals surface area contributed by atoms with Crippen molar-refractivity contribution in [2.75, 3.05) is 19.6 Å². The Balaban J connectivity index is 1.71. The van der Waals surface area contributed by atoms with E-state index in [-0.39, 0.29) is 19.0 Å². The molecular formula is C19H24ClFN4O. The molecule has 1 aromatic carbocycles. The van der Waals surface area contributed by atoms with Crippen molar-refractivity contribution in [2.24, 2.45) is 0 Å². The van der Waals surface area contributed by atoms with E-state index in [1.54, 1.807) is 27.9 Å². The van der Waals surface area contributed by atoms with Crippen LogP contribution in [0, 0.1) is 5.82 Å². The van der Waals surface area contributed by atoms with Crippen LogP contribution < -0.4 is 5.32 Å². The van der Waals surface area contributed by atoms with Crippen molar-refractivity contribution in [1.29, 1.82) is 0 Å². The second-order valence-corrected chi connectivity index (χ2v) is 6.97. The predicted octanol–water partition coefficient (Wildman–Crippen LogP) is 3.19. The van der Waals surface area contributed by atoms with Crippen molar-refractivity contribution in [3.8, 4) is 0 Å². The highest BCUT2D eigenvalue weighted by molar-refractivity contribution is 6.31. The summed E-state index contributed by atoms with van der Waals surface area (Å²) in [5.74, 6) is -0.118. The Bertz CT molecular complexity index is 737. The van der Waals surface area contributed by atoms with Gasteiger partial charge in [-0.15, -0.1) is 0 Å². The van der Waals surface area contributed by atoms with Crippen molar-refractivity contribution >= 4 is 17.5 Å². The molecule has 1 N–H and O–H groups in total. The van der Waals surface area contributed by atoms with Crippen LogP contribution in [0.2, 0.25) is 5.02 Å². The van der Waals surface area contributed by atoms with Crippen LogP contribution in [0.25, 0.3) is 0 Å². The summed E-state index contributed by atoms with van der Waals surface area (Å²) in [5, 5.41) is 8.06. The summed E-state index contributed by atoms with van der Waals surface area (Å²) in [7, 11) is 0. The standard InChI is InChI=1S/C19H24ClFN4O/c1-2-24(12-15-16(20)6-3-7-17(15)21)19(26)13-25-18(8-10-23-25)14-5-4-9-22-11-14/h3,6-8,10,14,22H,2,4-5,9,11-13H2,1H3. The Hall–Kier alpha value is -1.92. The van der Waals surface area contributed by atoms with Crippen LogP contribution in [-0.2, 0) is 17.9 Å². The molecule has 1 fully saturated rings. The van der Waals surface area contributed by atoms with Gasteiger partial charge in [0.25, 0.3) is 0 Å². The fourth-order valence-corrected chi connectivity index (χ4v) is 3.63. The van der Waals surface area contributed by atoms with Crippen LogP contribution in [0.1, 0.15) is 36.9 Å². The molecule has 140 valence electrons. The number of likely N-dealkylation sites (N-methyl/N-ethyl adjacent to an activating group) is 1. The van der Waals surface area contributed by atoms with E-state index in [1.165, 1.54) is 6.07 Å². The molecule has 2 heterocycles. The molecule has 1 aromatic heterocycles. The number of aromatic nitrogens is 2. The summed E-state index contributed by atoms with van der Waals surface area (Å²) < 4.78 is 15.8. The first kappa shape index (κ1) is 18.9. The minimum absolute atomic E-state index is 0.0967. The van der Waals surface area contributed by atoms with Gasteiger partial charge in [0.1, 0.15) is 12.4 Å². The lowest BCUT2D eigenvalue weighted by molar-refractivity contribution is -0.132. The largest absolute Gasteiger partial charge is 0.337 e. The summed E-state index contributed by atoms with van der Waals surface area (Å²) in [6.45, 7) is 4.60. The maximum absolute atomic E-state index is 14.0. The molecule has 1 amide bonds. The fraction of sp³-hybridized carbons (Fsp3) is 0.474. The van der Waals surface area contributed by atoms with Crippen LogP contribution in [0.5, 0.6) is 0 Å². The van der Waals surface area contributed by atoms with Crippen LogP contribution in [-0.4, -0.2) is 40.2 Å². The molecule has 0 bridgehead atoms. The number of carbonyl (C=O) groups is 1.